The lowest BCUT2D eigenvalue weighted by Gasteiger charge is -2.10. The average molecular weight is 302 g/mol. The number of nitro benzene ring substituents is 1. The predicted molar refractivity (Wildman–Crippen MR) is 78.7 cm³/mol. The third-order valence-corrected chi connectivity index (χ3v) is 3.28. The standard InChI is InChI=1S/C15H14N2O5/c16-22-14-11(2-1-3-13(14)15(18)19)7-4-10-5-8-12(9-6-10)17(20)21/h1-3,5-6,8-9H,4,7,16H2,(H,18,19). The van der Waals surface area contributed by atoms with Crippen molar-refractivity contribution in [2.75, 3.05) is 0 Å². The minimum Gasteiger partial charge on any atom is -0.478 e. The first kappa shape index (κ1) is 15.5. The largest absolute Gasteiger partial charge is 0.478 e. The Bertz CT molecular complexity index is 698. The number of non-ortho nitro benzene ring substituents is 1. The Hall–Kier alpha value is -2.93. The number of carbonyl (C=O) groups is 1. The maximum atomic E-state index is 11.1. The van der Waals surface area contributed by atoms with Crippen molar-refractivity contribution in [1.82, 2.24) is 0 Å². The summed E-state index contributed by atoms with van der Waals surface area (Å²) in [4.78, 5) is 26.0. The van der Waals surface area contributed by atoms with Gasteiger partial charge in [0.1, 0.15) is 5.56 Å². The van der Waals surface area contributed by atoms with E-state index < -0.39 is 10.9 Å². The molecule has 0 fully saturated rings. The number of para-hydroxylation sites is 1. The molecule has 22 heavy (non-hydrogen) atoms. The number of aryl methyl sites for hydroxylation is 2. The van der Waals surface area contributed by atoms with Crippen LogP contribution in [0.25, 0.3) is 0 Å². The first-order chi connectivity index (χ1) is 10.5. The van der Waals surface area contributed by atoms with Gasteiger partial charge in [-0.25, -0.2) is 4.79 Å². The molecule has 3 N–H and O–H groups in total. The Morgan fingerprint density at radius 1 is 1.18 bits per heavy atom. The van der Waals surface area contributed by atoms with Crippen molar-refractivity contribution in [3.05, 3.63) is 69.3 Å². The SMILES string of the molecule is NOc1c(CCc2ccc([N+](=O)[O-])cc2)cccc1C(=O)O. The Balaban J connectivity index is 2.16. The Labute approximate surface area is 126 Å². The number of nitrogens with two attached hydrogens (primary N) is 1. The molecule has 0 heterocycles. The van der Waals surface area contributed by atoms with Crippen molar-refractivity contribution in [3.63, 3.8) is 0 Å². The summed E-state index contributed by atoms with van der Waals surface area (Å²) in [7, 11) is 0. The van der Waals surface area contributed by atoms with Gasteiger partial charge in [0, 0.05) is 12.1 Å². The molecule has 7 nitrogen and oxygen atoms in total. The van der Waals surface area contributed by atoms with E-state index in [1.807, 2.05) is 0 Å². The van der Waals surface area contributed by atoms with Crippen molar-refractivity contribution in [1.29, 1.82) is 0 Å². The van der Waals surface area contributed by atoms with Crippen LogP contribution in [0.4, 0.5) is 5.69 Å². The lowest BCUT2D eigenvalue weighted by Crippen LogP contribution is -2.11. The van der Waals surface area contributed by atoms with Gasteiger partial charge in [-0.15, -0.1) is 0 Å². The predicted octanol–water partition coefficient (Wildman–Crippen LogP) is 2.33. The Morgan fingerprint density at radius 3 is 2.41 bits per heavy atom. The highest BCUT2D eigenvalue weighted by molar-refractivity contribution is 5.91. The third kappa shape index (κ3) is 3.39. The van der Waals surface area contributed by atoms with Crippen LogP contribution in [-0.4, -0.2) is 16.0 Å². The van der Waals surface area contributed by atoms with Gasteiger partial charge in [0.25, 0.3) is 5.69 Å². The number of aromatic carboxylic acids is 1. The molecule has 0 aromatic heterocycles. The molecule has 7 heteroatoms. The van der Waals surface area contributed by atoms with Crippen LogP contribution in [0.1, 0.15) is 21.5 Å². The van der Waals surface area contributed by atoms with Gasteiger partial charge in [0.15, 0.2) is 5.75 Å². The summed E-state index contributed by atoms with van der Waals surface area (Å²) in [5, 5.41) is 19.7. The molecule has 0 radical (unpaired) electrons. The summed E-state index contributed by atoms with van der Waals surface area (Å²) in [6, 6.07) is 11.0. The van der Waals surface area contributed by atoms with Gasteiger partial charge in [-0.3, -0.25) is 10.1 Å². The van der Waals surface area contributed by atoms with Crippen LogP contribution in [0, 0.1) is 10.1 Å². The van der Waals surface area contributed by atoms with Crippen molar-refractivity contribution in [2.24, 2.45) is 5.90 Å². The minimum absolute atomic E-state index is 0.00343. The Morgan fingerprint density at radius 2 is 1.86 bits per heavy atom. The van der Waals surface area contributed by atoms with Crippen LogP contribution in [0.15, 0.2) is 42.5 Å². The molecular formula is C15H14N2O5. The van der Waals surface area contributed by atoms with E-state index in [1.54, 1.807) is 24.3 Å². The molecule has 0 bridgehead atoms. The molecule has 0 aliphatic heterocycles. The molecule has 0 atom stereocenters. The van der Waals surface area contributed by atoms with Crippen LogP contribution in [-0.2, 0) is 12.8 Å². The fourth-order valence-electron chi connectivity index (χ4n) is 2.15. The van der Waals surface area contributed by atoms with Crippen LogP contribution in [0.2, 0.25) is 0 Å². The number of carboxylic acid groups (broad SMARTS) is 1. The monoisotopic (exact) mass is 302 g/mol. The number of nitro groups is 1. The van der Waals surface area contributed by atoms with Crippen molar-refractivity contribution < 1.29 is 19.7 Å². The molecule has 2 aromatic carbocycles. The van der Waals surface area contributed by atoms with Gasteiger partial charge in [-0.1, -0.05) is 24.3 Å². The number of rotatable bonds is 6. The quantitative estimate of drug-likeness (QED) is 0.625. The number of nitrogens with zero attached hydrogens (tertiary/aromatic N) is 1. The van der Waals surface area contributed by atoms with E-state index in [4.69, 9.17) is 15.8 Å². The molecule has 0 spiro atoms. The lowest BCUT2D eigenvalue weighted by atomic mass is 10.0. The highest BCUT2D eigenvalue weighted by atomic mass is 16.6. The topological polar surface area (TPSA) is 116 Å². The van der Waals surface area contributed by atoms with Gasteiger partial charge in [0.05, 0.1) is 4.92 Å². The zero-order valence-electron chi connectivity index (χ0n) is 11.6. The van der Waals surface area contributed by atoms with Gasteiger partial charge < -0.3 is 9.94 Å². The molecule has 0 amide bonds. The summed E-state index contributed by atoms with van der Waals surface area (Å²) in [5.74, 6) is 4.20. The zero-order valence-corrected chi connectivity index (χ0v) is 11.6. The molecule has 2 rings (SSSR count). The number of hydrogen-bond donors (Lipinski definition) is 2. The van der Waals surface area contributed by atoms with E-state index in [0.717, 1.165) is 5.56 Å². The van der Waals surface area contributed by atoms with Crippen LogP contribution < -0.4 is 10.7 Å². The molecule has 0 saturated carbocycles. The molecule has 114 valence electrons. The molecule has 0 aliphatic rings. The number of benzene rings is 2. The van der Waals surface area contributed by atoms with E-state index in [-0.39, 0.29) is 17.0 Å². The lowest BCUT2D eigenvalue weighted by molar-refractivity contribution is -0.384. The highest BCUT2D eigenvalue weighted by Crippen LogP contribution is 2.25. The zero-order chi connectivity index (χ0) is 16.1. The molecule has 2 aromatic rings. The van der Waals surface area contributed by atoms with Crippen molar-refractivity contribution in [2.45, 2.75) is 12.8 Å². The molecule has 0 aliphatic carbocycles. The summed E-state index contributed by atoms with van der Waals surface area (Å²) < 4.78 is 0. The van der Waals surface area contributed by atoms with Crippen LogP contribution >= 0.6 is 0 Å². The number of carboxylic acids is 1. The maximum Gasteiger partial charge on any atom is 0.339 e. The fourth-order valence-corrected chi connectivity index (χ4v) is 2.15. The normalized spacial score (nSPS) is 10.2. The van der Waals surface area contributed by atoms with Crippen molar-refractivity contribution >= 4 is 11.7 Å². The summed E-state index contributed by atoms with van der Waals surface area (Å²) in [6.45, 7) is 0. The molecule has 0 saturated heterocycles. The second kappa shape index (κ2) is 6.68. The van der Waals surface area contributed by atoms with Gasteiger partial charge in [-0.2, -0.15) is 5.90 Å². The molecule has 0 unspecified atom stereocenters. The highest BCUT2D eigenvalue weighted by Gasteiger charge is 2.15. The average Bonchev–Trinajstić information content (AvgIpc) is 2.52. The first-order valence-electron chi connectivity index (χ1n) is 6.48. The van der Waals surface area contributed by atoms with Gasteiger partial charge >= 0.3 is 5.97 Å². The summed E-state index contributed by atoms with van der Waals surface area (Å²) in [6.07, 6.45) is 1.09. The van der Waals surface area contributed by atoms with Gasteiger partial charge in [0.2, 0.25) is 0 Å². The van der Waals surface area contributed by atoms with E-state index in [2.05, 4.69) is 0 Å². The third-order valence-electron chi connectivity index (χ3n) is 3.28. The van der Waals surface area contributed by atoms with E-state index in [1.165, 1.54) is 18.2 Å². The van der Waals surface area contributed by atoms with E-state index in [9.17, 15) is 14.9 Å². The second-order valence-corrected chi connectivity index (χ2v) is 4.64. The number of hydrogen-bond acceptors (Lipinski definition) is 5. The van der Waals surface area contributed by atoms with Crippen LogP contribution in [0.3, 0.4) is 0 Å². The fraction of sp³-hybridized carbons (Fsp3) is 0.133. The summed E-state index contributed by atoms with van der Waals surface area (Å²) in [5.41, 5.74) is 1.60. The molecular weight excluding hydrogens is 288 g/mol. The minimum atomic E-state index is -1.11. The smallest absolute Gasteiger partial charge is 0.339 e. The second-order valence-electron chi connectivity index (χ2n) is 4.64. The van der Waals surface area contributed by atoms with E-state index in [0.29, 0.717) is 18.4 Å². The van der Waals surface area contributed by atoms with E-state index >= 15 is 0 Å². The first-order valence-corrected chi connectivity index (χ1v) is 6.48. The maximum absolute atomic E-state index is 11.1. The van der Waals surface area contributed by atoms with Crippen molar-refractivity contribution in [3.8, 4) is 5.75 Å². The van der Waals surface area contributed by atoms with Gasteiger partial charge in [-0.05, 0) is 30.0 Å². The summed E-state index contributed by atoms with van der Waals surface area (Å²) >= 11 is 0. The Kier molecular flexibility index (Phi) is 4.70. The van der Waals surface area contributed by atoms with Crippen LogP contribution in [0.5, 0.6) is 5.75 Å².